The van der Waals surface area contributed by atoms with Crippen molar-refractivity contribution in [2.75, 3.05) is 7.05 Å². The molecule has 1 heterocycles. The van der Waals surface area contributed by atoms with Gasteiger partial charge in [0.1, 0.15) is 5.82 Å². The summed E-state index contributed by atoms with van der Waals surface area (Å²) in [5.74, 6) is -0.619. The van der Waals surface area contributed by atoms with Gasteiger partial charge in [-0.15, -0.1) is 0 Å². The molecule has 0 saturated heterocycles. The third-order valence-electron chi connectivity index (χ3n) is 5.03. The molecule has 150 valence electrons. The predicted molar refractivity (Wildman–Crippen MR) is 106 cm³/mol. The molecule has 4 rings (SSSR count). The van der Waals surface area contributed by atoms with Crippen LogP contribution < -0.4 is 5.32 Å². The van der Waals surface area contributed by atoms with Crippen LogP contribution >= 0.6 is 0 Å². The van der Waals surface area contributed by atoms with E-state index in [1.807, 2.05) is 12.1 Å². The van der Waals surface area contributed by atoms with Gasteiger partial charge in [0.25, 0.3) is 11.8 Å². The van der Waals surface area contributed by atoms with Crippen molar-refractivity contribution in [3.05, 3.63) is 71.0 Å². The molecule has 0 aromatic heterocycles. The van der Waals surface area contributed by atoms with Gasteiger partial charge in [-0.05, 0) is 42.7 Å². The van der Waals surface area contributed by atoms with Gasteiger partial charge in [-0.1, -0.05) is 29.4 Å². The van der Waals surface area contributed by atoms with E-state index in [2.05, 4.69) is 10.5 Å². The Bertz CT molecular complexity index is 954. The monoisotopic (exact) mass is 395 g/mol. The number of hydrogen-bond donors (Lipinski definition) is 1. The predicted octanol–water partition coefficient (Wildman–Crippen LogP) is 2.87. The maximum Gasteiger partial charge on any atom is 0.266 e. The van der Waals surface area contributed by atoms with Crippen LogP contribution in [0.5, 0.6) is 0 Å². The molecule has 2 aromatic rings. The molecule has 29 heavy (non-hydrogen) atoms. The zero-order chi connectivity index (χ0) is 20.4. The highest BCUT2D eigenvalue weighted by molar-refractivity contribution is 6.04. The largest absolute Gasteiger partial charge is 0.382 e. The molecule has 2 aromatic carbocycles. The molecule has 2 aliphatic rings. The number of halogens is 1. The lowest BCUT2D eigenvalue weighted by Crippen LogP contribution is -2.36. The van der Waals surface area contributed by atoms with Crippen LogP contribution in [0.2, 0.25) is 0 Å². The molecular weight excluding hydrogens is 373 g/mol. The lowest BCUT2D eigenvalue weighted by molar-refractivity contribution is -0.141. The van der Waals surface area contributed by atoms with E-state index in [1.165, 1.54) is 12.1 Å². The minimum absolute atomic E-state index is 0.0649. The number of rotatable bonds is 6. The fourth-order valence-electron chi connectivity index (χ4n) is 3.20. The van der Waals surface area contributed by atoms with E-state index >= 15 is 0 Å². The van der Waals surface area contributed by atoms with E-state index in [1.54, 1.807) is 36.2 Å². The quantitative estimate of drug-likeness (QED) is 0.818. The number of oxime groups is 1. The van der Waals surface area contributed by atoms with Crippen LogP contribution in [0.25, 0.3) is 0 Å². The molecule has 1 atom stereocenters. The van der Waals surface area contributed by atoms with Crippen LogP contribution in [0, 0.1) is 5.82 Å². The Morgan fingerprint density at radius 1 is 1.21 bits per heavy atom. The minimum Gasteiger partial charge on any atom is -0.382 e. The second kappa shape index (κ2) is 8.03. The summed E-state index contributed by atoms with van der Waals surface area (Å²) >= 11 is 0. The summed E-state index contributed by atoms with van der Waals surface area (Å²) in [4.78, 5) is 31.6. The number of carbonyl (C=O) groups excluding carboxylic acids is 2. The zero-order valence-corrected chi connectivity index (χ0v) is 16.1. The van der Waals surface area contributed by atoms with Gasteiger partial charge in [-0.25, -0.2) is 4.39 Å². The first kappa shape index (κ1) is 19.1. The summed E-state index contributed by atoms with van der Waals surface area (Å²) < 4.78 is 13.4. The van der Waals surface area contributed by atoms with E-state index in [0.29, 0.717) is 35.8 Å². The first-order valence-electron chi connectivity index (χ1n) is 9.63. The van der Waals surface area contributed by atoms with Crippen molar-refractivity contribution in [1.82, 2.24) is 10.2 Å². The Hall–Kier alpha value is -3.22. The van der Waals surface area contributed by atoms with Gasteiger partial charge in [0.05, 0.1) is 5.71 Å². The van der Waals surface area contributed by atoms with Crippen molar-refractivity contribution >= 4 is 17.5 Å². The van der Waals surface area contributed by atoms with Crippen LogP contribution in [0.1, 0.15) is 40.7 Å². The summed E-state index contributed by atoms with van der Waals surface area (Å²) in [6.45, 7) is 0.387. The molecule has 0 bridgehead atoms. The van der Waals surface area contributed by atoms with E-state index in [-0.39, 0.29) is 17.6 Å². The summed E-state index contributed by atoms with van der Waals surface area (Å²) in [5.41, 5.74) is 2.69. The van der Waals surface area contributed by atoms with Gasteiger partial charge < -0.3 is 15.1 Å². The maximum absolute atomic E-state index is 13.4. The molecule has 1 aliphatic carbocycles. The molecule has 1 N–H and O–H groups in total. The average Bonchev–Trinajstić information content (AvgIpc) is 3.39. The van der Waals surface area contributed by atoms with E-state index in [9.17, 15) is 14.0 Å². The third kappa shape index (κ3) is 4.62. The summed E-state index contributed by atoms with van der Waals surface area (Å²) in [6, 6.07) is 13.6. The standard InChI is InChI=1S/C22H22FN3O3/c1-26(13-14-5-7-15(8-6-14)21(27)24-18-9-10-18)22(28)20-12-19(25-29-20)16-3-2-4-17(23)11-16/h2-8,11,18,20H,9-10,12-13H2,1H3,(H,24,27)/t20-/m1/s1. The molecule has 1 aliphatic heterocycles. The Balaban J connectivity index is 1.32. The lowest BCUT2D eigenvalue weighted by atomic mass is 10.0. The molecular formula is C22H22FN3O3. The van der Waals surface area contributed by atoms with Crippen molar-refractivity contribution in [2.45, 2.75) is 38.0 Å². The van der Waals surface area contributed by atoms with Crippen molar-refractivity contribution < 1.29 is 18.8 Å². The highest BCUT2D eigenvalue weighted by Gasteiger charge is 2.31. The molecule has 0 spiro atoms. The molecule has 1 saturated carbocycles. The van der Waals surface area contributed by atoms with Gasteiger partial charge in [-0.3, -0.25) is 9.59 Å². The van der Waals surface area contributed by atoms with Crippen LogP contribution in [-0.2, 0) is 16.2 Å². The number of likely N-dealkylation sites (N-methyl/N-ethyl adjacent to an activating group) is 1. The van der Waals surface area contributed by atoms with Crippen molar-refractivity contribution in [1.29, 1.82) is 0 Å². The maximum atomic E-state index is 13.4. The van der Waals surface area contributed by atoms with Crippen molar-refractivity contribution in [2.24, 2.45) is 5.16 Å². The molecule has 0 unspecified atom stereocenters. The highest BCUT2D eigenvalue weighted by Crippen LogP contribution is 2.21. The molecule has 6 nitrogen and oxygen atoms in total. The Morgan fingerprint density at radius 2 is 1.97 bits per heavy atom. The molecule has 7 heteroatoms. The number of hydrogen-bond acceptors (Lipinski definition) is 4. The van der Waals surface area contributed by atoms with Crippen LogP contribution in [0.15, 0.2) is 53.7 Å². The summed E-state index contributed by atoms with van der Waals surface area (Å²) in [5, 5.41) is 6.91. The number of benzene rings is 2. The van der Waals surface area contributed by atoms with Gasteiger partial charge in [0.2, 0.25) is 6.10 Å². The summed E-state index contributed by atoms with van der Waals surface area (Å²) in [7, 11) is 1.69. The SMILES string of the molecule is CN(Cc1ccc(C(=O)NC2CC2)cc1)C(=O)[C@H]1CC(c2cccc(F)c2)=NO1. The number of amides is 2. The van der Waals surface area contributed by atoms with Crippen LogP contribution in [0.3, 0.4) is 0 Å². The number of nitrogens with one attached hydrogen (secondary N) is 1. The zero-order valence-electron chi connectivity index (χ0n) is 16.1. The molecule has 1 fully saturated rings. The van der Waals surface area contributed by atoms with Crippen molar-refractivity contribution in [3.63, 3.8) is 0 Å². The van der Waals surface area contributed by atoms with Gasteiger partial charge in [0.15, 0.2) is 0 Å². The highest BCUT2D eigenvalue weighted by atomic mass is 19.1. The van der Waals surface area contributed by atoms with Gasteiger partial charge >= 0.3 is 0 Å². The smallest absolute Gasteiger partial charge is 0.266 e. The summed E-state index contributed by atoms with van der Waals surface area (Å²) in [6.07, 6.45) is 1.67. The first-order valence-corrected chi connectivity index (χ1v) is 9.63. The minimum atomic E-state index is -0.720. The molecule has 0 radical (unpaired) electrons. The Kier molecular flexibility index (Phi) is 5.29. The number of carbonyl (C=O) groups is 2. The number of nitrogens with zero attached hydrogens (tertiary/aromatic N) is 2. The van der Waals surface area contributed by atoms with Gasteiger partial charge in [0, 0.05) is 37.2 Å². The van der Waals surface area contributed by atoms with E-state index < -0.39 is 6.10 Å². The topological polar surface area (TPSA) is 71.0 Å². The van der Waals surface area contributed by atoms with Crippen molar-refractivity contribution in [3.8, 4) is 0 Å². The fraction of sp³-hybridized carbons (Fsp3) is 0.318. The van der Waals surface area contributed by atoms with E-state index in [4.69, 9.17) is 4.84 Å². The Labute approximate surface area is 168 Å². The second-order valence-corrected chi connectivity index (χ2v) is 7.49. The normalized spacial score (nSPS) is 18.0. The average molecular weight is 395 g/mol. The second-order valence-electron chi connectivity index (χ2n) is 7.49. The van der Waals surface area contributed by atoms with Crippen LogP contribution in [0.4, 0.5) is 4.39 Å². The fourth-order valence-corrected chi connectivity index (χ4v) is 3.20. The molecule has 2 amide bonds. The Morgan fingerprint density at radius 3 is 2.66 bits per heavy atom. The first-order chi connectivity index (χ1) is 14.0. The van der Waals surface area contributed by atoms with Gasteiger partial charge in [-0.2, -0.15) is 0 Å². The third-order valence-corrected chi connectivity index (χ3v) is 5.03. The van der Waals surface area contributed by atoms with E-state index in [0.717, 1.165) is 18.4 Å². The van der Waals surface area contributed by atoms with Crippen LogP contribution in [-0.4, -0.2) is 41.6 Å². The lowest BCUT2D eigenvalue weighted by Gasteiger charge is -2.20.